The molecule has 1 aromatic heterocycles. The third-order valence-electron chi connectivity index (χ3n) is 5.12. The first kappa shape index (κ1) is 20.0. The summed E-state index contributed by atoms with van der Waals surface area (Å²) in [6.07, 6.45) is 0. The van der Waals surface area contributed by atoms with Crippen LogP contribution in [0.15, 0.2) is 48.5 Å². The molecule has 0 unspecified atom stereocenters. The molecule has 0 aliphatic carbocycles. The number of carbonyl (C=O) groups is 1. The molecule has 0 atom stereocenters. The molecule has 4 rings (SSSR count). The van der Waals surface area contributed by atoms with Crippen LogP contribution in [0.2, 0.25) is 0 Å². The van der Waals surface area contributed by atoms with Crippen molar-refractivity contribution >= 4 is 5.91 Å². The maximum absolute atomic E-state index is 13.5. The van der Waals surface area contributed by atoms with Gasteiger partial charge < -0.3 is 9.64 Å². The number of aryl methyl sites for hydroxylation is 1. The Morgan fingerprint density at radius 3 is 2.67 bits per heavy atom. The zero-order valence-corrected chi connectivity index (χ0v) is 16.7. The molecule has 1 saturated heterocycles. The highest BCUT2D eigenvalue weighted by atomic mass is 19.1. The number of carbonyl (C=O) groups excluding carboxylic acids is 1. The van der Waals surface area contributed by atoms with Gasteiger partial charge in [0.15, 0.2) is 12.4 Å². The van der Waals surface area contributed by atoms with Gasteiger partial charge in [-0.2, -0.15) is 4.68 Å². The number of amides is 1. The number of ether oxygens (including phenoxy) is 1. The van der Waals surface area contributed by atoms with E-state index in [9.17, 15) is 9.18 Å². The largest absolute Gasteiger partial charge is 0.484 e. The van der Waals surface area contributed by atoms with Crippen LogP contribution in [-0.2, 0) is 11.3 Å². The Morgan fingerprint density at radius 2 is 1.90 bits per heavy atom. The molecule has 9 heteroatoms. The van der Waals surface area contributed by atoms with E-state index in [1.807, 2.05) is 36.1 Å². The molecule has 0 spiro atoms. The molecule has 0 bridgehead atoms. The fraction of sp³-hybridized carbons (Fsp3) is 0.333. The minimum atomic E-state index is -0.339. The van der Waals surface area contributed by atoms with Crippen LogP contribution in [-0.4, -0.2) is 68.7 Å². The smallest absolute Gasteiger partial charge is 0.260 e. The first-order valence-electron chi connectivity index (χ1n) is 9.82. The van der Waals surface area contributed by atoms with Gasteiger partial charge in [0.05, 0.1) is 12.2 Å². The van der Waals surface area contributed by atoms with Gasteiger partial charge in [-0.25, -0.2) is 4.39 Å². The first-order valence-corrected chi connectivity index (χ1v) is 9.82. The lowest BCUT2D eigenvalue weighted by Gasteiger charge is -2.34. The fourth-order valence-electron chi connectivity index (χ4n) is 3.42. The van der Waals surface area contributed by atoms with Gasteiger partial charge in [-0.15, -0.1) is 5.10 Å². The fourth-order valence-corrected chi connectivity index (χ4v) is 3.42. The van der Waals surface area contributed by atoms with Crippen molar-refractivity contribution in [2.24, 2.45) is 0 Å². The Hall–Kier alpha value is -3.33. The zero-order chi connectivity index (χ0) is 20.9. The lowest BCUT2D eigenvalue weighted by atomic mass is 10.2. The van der Waals surface area contributed by atoms with E-state index in [0.29, 0.717) is 44.2 Å². The second-order valence-corrected chi connectivity index (χ2v) is 7.20. The van der Waals surface area contributed by atoms with Crippen LogP contribution in [0.5, 0.6) is 5.75 Å². The average molecular weight is 410 g/mol. The van der Waals surface area contributed by atoms with Crippen molar-refractivity contribution in [1.82, 2.24) is 30.0 Å². The number of hydrogen-bond donors (Lipinski definition) is 0. The summed E-state index contributed by atoms with van der Waals surface area (Å²) in [5, 5.41) is 11.8. The SMILES string of the molecule is Cc1ccccc1OCC(=O)N1CCN(Cc2nnnn2-c2cccc(F)c2)CC1. The molecule has 1 aliphatic rings. The molecule has 0 saturated carbocycles. The molecule has 156 valence electrons. The van der Waals surface area contributed by atoms with E-state index in [4.69, 9.17) is 4.74 Å². The number of halogens is 1. The van der Waals surface area contributed by atoms with E-state index >= 15 is 0 Å². The summed E-state index contributed by atoms with van der Waals surface area (Å²) in [7, 11) is 0. The molecule has 30 heavy (non-hydrogen) atoms. The summed E-state index contributed by atoms with van der Waals surface area (Å²) in [6.45, 7) is 5.12. The molecule has 2 aromatic carbocycles. The molecular formula is C21H23FN6O2. The number of rotatable bonds is 6. The van der Waals surface area contributed by atoms with Gasteiger partial charge in [-0.3, -0.25) is 9.69 Å². The van der Waals surface area contributed by atoms with Crippen LogP contribution >= 0.6 is 0 Å². The van der Waals surface area contributed by atoms with E-state index in [2.05, 4.69) is 20.4 Å². The molecule has 0 N–H and O–H groups in total. The number of benzene rings is 2. The molecule has 3 aromatic rings. The van der Waals surface area contributed by atoms with E-state index in [1.54, 1.807) is 12.1 Å². The highest BCUT2D eigenvalue weighted by Gasteiger charge is 2.23. The first-order chi connectivity index (χ1) is 14.6. The molecule has 8 nitrogen and oxygen atoms in total. The van der Waals surface area contributed by atoms with Gasteiger partial charge in [-0.05, 0) is 47.2 Å². The lowest BCUT2D eigenvalue weighted by molar-refractivity contribution is -0.135. The van der Waals surface area contributed by atoms with Gasteiger partial charge in [0.2, 0.25) is 0 Å². The molecular weight excluding hydrogens is 387 g/mol. The van der Waals surface area contributed by atoms with Crippen molar-refractivity contribution in [2.75, 3.05) is 32.8 Å². The number of aromatic nitrogens is 4. The molecule has 0 radical (unpaired) electrons. The summed E-state index contributed by atoms with van der Waals surface area (Å²) in [4.78, 5) is 16.5. The second kappa shape index (κ2) is 9.00. The van der Waals surface area contributed by atoms with Crippen LogP contribution in [0.3, 0.4) is 0 Å². The van der Waals surface area contributed by atoms with Crippen LogP contribution < -0.4 is 4.74 Å². The molecule has 2 heterocycles. The van der Waals surface area contributed by atoms with Gasteiger partial charge in [0, 0.05) is 26.2 Å². The summed E-state index contributed by atoms with van der Waals surface area (Å²) in [5.41, 5.74) is 1.59. The van der Waals surface area contributed by atoms with Gasteiger partial charge in [0.1, 0.15) is 11.6 Å². The molecule has 1 fully saturated rings. The maximum Gasteiger partial charge on any atom is 0.260 e. The number of nitrogens with zero attached hydrogens (tertiary/aromatic N) is 6. The van der Waals surface area contributed by atoms with E-state index < -0.39 is 0 Å². The summed E-state index contributed by atoms with van der Waals surface area (Å²) in [5.74, 6) is 0.994. The summed E-state index contributed by atoms with van der Waals surface area (Å²) >= 11 is 0. The predicted octanol–water partition coefficient (Wildman–Crippen LogP) is 1.83. The topological polar surface area (TPSA) is 76.4 Å². The van der Waals surface area contributed by atoms with E-state index in [0.717, 1.165) is 11.3 Å². The Bertz CT molecular complexity index is 1020. The third-order valence-corrected chi connectivity index (χ3v) is 5.12. The predicted molar refractivity (Wildman–Crippen MR) is 108 cm³/mol. The van der Waals surface area contributed by atoms with Crippen LogP contribution in [0.4, 0.5) is 4.39 Å². The van der Waals surface area contributed by atoms with Crippen molar-refractivity contribution in [3.63, 3.8) is 0 Å². The van der Waals surface area contributed by atoms with Gasteiger partial charge in [0.25, 0.3) is 5.91 Å². The van der Waals surface area contributed by atoms with Gasteiger partial charge in [-0.1, -0.05) is 24.3 Å². The average Bonchev–Trinajstić information content (AvgIpc) is 3.21. The maximum atomic E-state index is 13.5. The summed E-state index contributed by atoms with van der Waals surface area (Å²) in [6, 6.07) is 13.8. The monoisotopic (exact) mass is 410 g/mol. The molecule has 1 amide bonds. The van der Waals surface area contributed by atoms with E-state index in [1.165, 1.54) is 16.8 Å². The zero-order valence-electron chi connectivity index (χ0n) is 16.7. The van der Waals surface area contributed by atoms with Crippen molar-refractivity contribution in [1.29, 1.82) is 0 Å². The Kier molecular flexibility index (Phi) is 5.99. The summed E-state index contributed by atoms with van der Waals surface area (Å²) < 4.78 is 20.7. The third kappa shape index (κ3) is 4.62. The number of piperazine rings is 1. The van der Waals surface area contributed by atoms with Crippen LogP contribution in [0.1, 0.15) is 11.4 Å². The lowest BCUT2D eigenvalue weighted by Crippen LogP contribution is -2.49. The van der Waals surface area contributed by atoms with Crippen LogP contribution in [0.25, 0.3) is 5.69 Å². The second-order valence-electron chi connectivity index (χ2n) is 7.20. The highest BCUT2D eigenvalue weighted by molar-refractivity contribution is 5.78. The Labute approximate surface area is 173 Å². The Balaban J connectivity index is 1.30. The van der Waals surface area contributed by atoms with Gasteiger partial charge >= 0.3 is 0 Å². The normalized spacial score (nSPS) is 14.7. The standard InChI is InChI=1S/C21H23FN6O2/c1-16-5-2-3-8-19(16)30-15-21(29)27-11-9-26(10-12-27)14-20-23-24-25-28(20)18-7-4-6-17(22)13-18/h2-8,13H,9-12,14-15H2,1H3. The number of para-hydroxylation sites is 1. The van der Waals surface area contributed by atoms with Crippen molar-refractivity contribution in [2.45, 2.75) is 13.5 Å². The Morgan fingerprint density at radius 1 is 1.10 bits per heavy atom. The molecule has 1 aliphatic heterocycles. The number of hydrogen-bond acceptors (Lipinski definition) is 6. The van der Waals surface area contributed by atoms with Crippen molar-refractivity contribution < 1.29 is 13.9 Å². The minimum absolute atomic E-state index is 0.0255. The highest BCUT2D eigenvalue weighted by Crippen LogP contribution is 2.17. The van der Waals surface area contributed by atoms with Crippen molar-refractivity contribution in [3.8, 4) is 11.4 Å². The minimum Gasteiger partial charge on any atom is -0.484 e. The van der Waals surface area contributed by atoms with Crippen molar-refractivity contribution in [3.05, 3.63) is 65.7 Å². The quantitative estimate of drug-likeness (QED) is 0.617. The number of tetrazole rings is 1. The van der Waals surface area contributed by atoms with Crippen LogP contribution in [0, 0.1) is 12.7 Å². The van der Waals surface area contributed by atoms with E-state index in [-0.39, 0.29) is 18.3 Å².